The Bertz CT molecular complexity index is 940. The lowest BCUT2D eigenvalue weighted by atomic mass is 10.2. The molecule has 12 heteroatoms. The lowest BCUT2D eigenvalue weighted by Crippen LogP contribution is -2.56. The first kappa shape index (κ1) is 24.9. The molecule has 1 atom stereocenters. The van der Waals surface area contributed by atoms with E-state index in [0.717, 1.165) is 0 Å². The number of alkyl halides is 3. The summed E-state index contributed by atoms with van der Waals surface area (Å²) in [7, 11) is 3.03. The molecular weight excluding hydrogens is 516 g/mol. The summed E-state index contributed by atoms with van der Waals surface area (Å²) in [5.41, 5.74) is 0.653. The van der Waals surface area contributed by atoms with Crippen LogP contribution in [0.2, 0.25) is 10.0 Å². The number of carbonyl (C=O) groups is 1. The summed E-state index contributed by atoms with van der Waals surface area (Å²) < 4.78 is 8.53. The molecule has 0 saturated carbocycles. The summed E-state index contributed by atoms with van der Waals surface area (Å²) in [6, 6.07) is 9.48. The molecule has 0 aliphatic rings. The Morgan fingerprint density at radius 2 is 1.73 bits per heavy atom. The highest BCUT2D eigenvalue weighted by Crippen LogP contribution is 2.31. The number of benzene rings is 2. The number of methoxy groups -OCH3 is 2. The zero-order chi connectivity index (χ0) is 22.5. The number of hydrogen-bond acceptors (Lipinski definition) is 4. The Morgan fingerprint density at radius 1 is 1.03 bits per heavy atom. The van der Waals surface area contributed by atoms with Gasteiger partial charge in [-0.05, 0) is 42.5 Å². The summed E-state index contributed by atoms with van der Waals surface area (Å²) in [6.45, 7) is 0. The molecule has 0 aliphatic heterocycles. The summed E-state index contributed by atoms with van der Waals surface area (Å²) in [6.07, 6.45) is -1.20. The SMILES string of the molecule is COc1ccc(OC)c(NC(=S)N[C@H](NC(=O)c2ccc(Cl)cc2Cl)C(Cl)(Cl)Cl)c1. The van der Waals surface area contributed by atoms with Gasteiger partial charge in [0.05, 0.1) is 30.5 Å². The lowest BCUT2D eigenvalue weighted by molar-refractivity contribution is 0.0934. The Kier molecular flexibility index (Phi) is 8.97. The average molecular weight is 532 g/mol. The van der Waals surface area contributed by atoms with E-state index in [4.69, 9.17) is 79.7 Å². The van der Waals surface area contributed by atoms with E-state index in [0.29, 0.717) is 22.2 Å². The molecular formula is C18H16Cl5N3O3S. The van der Waals surface area contributed by atoms with E-state index in [-0.39, 0.29) is 15.7 Å². The fourth-order valence-electron chi connectivity index (χ4n) is 2.28. The minimum Gasteiger partial charge on any atom is -0.497 e. The standard InChI is InChI=1S/C18H16Cl5N3O3S/c1-28-10-4-6-14(29-2)13(8-10)24-17(30)26-16(18(21,22)23)25-15(27)11-5-3-9(19)7-12(11)20/h3-8,16H,1-2H3,(H,25,27)(H2,24,26,30)/t16-/m0/s1. The van der Waals surface area contributed by atoms with Crippen LogP contribution in [0.25, 0.3) is 0 Å². The lowest BCUT2D eigenvalue weighted by Gasteiger charge is -2.28. The Morgan fingerprint density at radius 3 is 2.30 bits per heavy atom. The van der Waals surface area contributed by atoms with Gasteiger partial charge in [-0.1, -0.05) is 58.0 Å². The Labute approximate surface area is 204 Å². The molecule has 2 aromatic rings. The maximum atomic E-state index is 12.6. The van der Waals surface area contributed by atoms with Crippen molar-refractivity contribution < 1.29 is 14.3 Å². The number of carbonyl (C=O) groups excluding carboxylic acids is 1. The number of anilines is 1. The van der Waals surface area contributed by atoms with Crippen molar-refractivity contribution in [1.29, 1.82) is 0 Å². The van der Waals surface area contributed by atoms with E-state index in [1.54, 1.807) is 18.2 Å². The van der Waals surface area contributed by atoms with Crippen molar-refractivity contribution in [2.24, 2.45) is 0 Å². The fraction of sp³-hybridized carbons (Fsp3) is 0.222. The van der Waals surface area contributed by atoms with Gasteiger partial charge in [-0.25, -0.2) is 0 Å². The van der Waals surface area contributed by atoms with Crippen LogP contribution < -0.4 is 25.4 Å². The molecule has 1 amide bonds. The van der Waals surface area contributed by atoms with Crippen molar-refractivity contribution in [2.75, 3.05) is 19.5 Å². The van der Waals surface area contributed by atoms with E-state index in [1.165, 1.54) is 32.4 Å². The van der Waals surface area contributed by atoms with Crippen LogP contribution in [0.5, 0.6) is 11.5 Å². The van der Waals surface area contributed by atoms with Gasteiger partial charge >= 0.3 is 0 Å². The maximum absolute atomic E-state index is 12.6. The van der Waals surface area contributed by atoms with E-state index >= 15 is 0 Å². The average Bonchev–Trinajstić information content (AvgIpc) is 2.66. The zero-order valence-electron chi connectivity index (χ0n) is 15.6. The molecule has 30 heavy (non-hydrogen) atoms. The molecule has 0 spiro atoms. The number of ether oxygens (including phenoxy) is 2. The monoisotopic (exact) mass is 529 g/mol. The number of thiocarbonyl (C=S) groups is 1. The van der Waals surface area contributed by atoms with Crippen molar-refractivity contribution in [3.8, 4) is 11.5 Å². The van der Waals surface area contributed by atoms with Crippen molar-refractivity contribution in [2.45, 2.75) is 9.96 Å². The molecule has 2 aromatic carbocycles. The van der Waals surface area contributed by atoms with Crippen molar-refractivity contribution in [3.05, 3.63) is 52.0 Å². The second-order valence-corrected chi connectivity index (χ2v) is 9.36. The molecule has 0 heterocycles. The van der Waals surface area contributed by atoms with E-state index < -0.39 is 15.9 Å². The van der Waals surface area contributed by atoms with Crippen LogP contribution in [0.3, 0.4) is 0 Å². The number of halogens is 5. The third kappa shape index (κ3) is 6.83. The maximum Gasteiger partial charge on any atom is 0.254 e. The minimum atomic E-state index is -1.95. The molecule has 162 valence electrons. The second kappa shape index (κ2) is 10.8. The van der Waals surface area contributed by atoms with Gasteiger partial charge in [0, 0.05) is 11.1 Å². The summed E-state index contributed by atoms with van der Waals surface area (Å²) in [5.74, 6) is 0.481. The van der Waals surface area contributed by atoms with Crippen LogP contribution in [0.15, 0.2) is 36.4 Å². The van der Waals surface area contributed by atoms with Gasteiger partial charge in [0.15, 0.2) is 5.11 Å². The van der Waals surface area contributed by atoms with E-state index in [2.05, 4.69) is 16.0 Å². The number of amides is 1. The van der Waals surface area contributed by atoms with Crippen LogP contribution in [0.4, 0.5) is 5.69 Å². The molecule has 3 N–H and O–H groups in total. The number of hydrogen-bond donors (Lipinski definition) is 3. The van der Waals surface area contributed by atoms with Gasteiger partial charge in [-0.15, -0.1) is 0 Å². The molecule has 0 saturated heterocycles. The highest BCUT2D eigenvalue weighted by Gasteiger charge is 2.35. The first-order valence-electron chi connectivity index (χ1n) is 8.17. The molecule has 0 aliphatic carbocycles. The normalized spacial score (nSPS) is 12.0. The van der Waals surface area contributed by atoms with Gasteiger partial charge in [0.1, 0.15) is 17.7 Å². The largest absolute Gasteiger partial charge is 0.497 e. The minimum absolute atomic E-state index is 0.0559. The summed E-state index contributed by atoms with van der Waals surface area (Å²) in [5, 5.41) is 8.79. The van der Waals surface area contributed by atoms with Crippen molar-refractivity contribution >= 4 is 86.9 Å². The predicted octanol–water partition coefficient (Wildman–Crippen LogP) is 5.42. The number of nitrogens with one attached hydrogen (secondary N) is 3. The third-order valence-electron chi connectivity index (χ3n) is 3.71. The van der Waals surface area contributed by atoms with Crippen molar-refractivity contribution in [3.63, 3.8) is 0 Å². The molecule has 0 bridgehead atoms. The molecule has 6 nitrogen and oxygen atoms in total. The second-order valence-electron chi connectivity index (χ2n) is 5.74. The highest BCUT2D eigenvalue weighted by atomic mass is 35.6. The van der Waals surface area contributed by atoms with Crippen molar-refractivity contribution in [1.82, 2.24) is 10.6 Å². The molecule has 2 rings (SSSR count). The first-order chi connectivity index (χ1) is 14.0. The molecule has 0 radical (unpaired) electrons. The van der Waals surface area contributed by atoms with E-state index in [9.17, 15) is 4.79 Å². The number of rotatable bonds is 6. The van der Waals surface area contributed by atoms with E-state index in [1.807, 2.05) is 0 Å². The first-order valence-corrected chi connectivity index (χ1v) is 10.5. The highest BCUT2D eigenvalue weighted by molar-refractivity contribution is 7.80. The van der Waals surface area contributed by atoms with Crippen LogP contribution >= 0.6 is 70.2 Å². The Hall–Kier alpha value is -1.35. The molecule has 0 unspecified atom stereocenters. The van der Waals surface area contributed by atoms with Gasteiger partial charge in [-0.2, -0.15) is 0 Å². The molecule has 0 fully saturated rings. The van der Waals surface area contributed by atoms with Gasteiger partial charge in [0.25, 0.3) is 5.91 Å². The van der Waals surface area contributed by atoms with Gasteiger partial charge < -0.3 is 25.4 Å². The van der Waals surface area contributed by atoms with Crippen LogP contribution in [-0.4, -0.2) is 35.2 Å². The van der Waals surface area contributed by atoms with Gasteiger partial charge in [-0.3, -0.25) is 4.79 Å². The van der Waals surface area contributed by atoms with Crippen LogP contribution in [-0.2, 0) is 0 Å². The topological polar surface area (TPSA) is 71.6 Å². The van der Waals surface area contributed by atoms with Gasteiger partial charge in [0.2, 0.25) is 3.79 Å². The quantitative estimate of drug-likeness (QED) is 0.263. The van der Waals surface area contributed by atoms with Crippen LogP contribution in [0, 0.1) is 0 Å². The Balaban J connectivity index is 2.17. The third-order valence-corrected chi connectivity index (χ3v) is 5.13. The van der Waals surface area contributed by atoms with Crippen LogP contribution in [0.1, 0.15) is 10.4 Å². The summed E-state index contributed by atoms with van der Waals surface area (Å²) in [4.78, 5) is 12.6. The smallest absolute Gasteiger partial charge is 0.254 e. The predicted molar refractivity (Wildman–Crippen MR) is 127 cm³/mol. The summed E-state index contributed by atoms with van der Waals surface area (Å²) >= 11 is 35.3. The fourth-order valence-corrected chi connectivity index (χ4v) is 3.33. The zero-order valence-corrected chi connectivity index (χ0v) is 20.2. The molecule has 0 aromatic heterocycles.